The van der Waals surface area contributed by atoms with Crippen molar-refractivity contribution in [3.63, 3.8) is 0 Å². The fraction of sp³-hybridized carbons (Fsp3) is 0.150. The maximum Gasteiger partial charge on any atom is 0.225 e. The molecule has 3 aromatic carbocycles. The van der Waals surface area contributed by atoms with Crippen LogP contribution in [0.5, 0.6) is 0 Å². The first-order chi connectivity index (χ1) is 12.1. The maximum atomic E-state index is 13.7. The SMILES string of the molecule is O=C(Cc1cccc(F)c1F)N[C@@H](CO)c1ccc2ccccc2c1. The molecular formula is C20H17F2NO2. The number of nitrogens with one attached hydrogen (secondary N) is 1. The molecule has 0 aliphatic heterocycles. The Kier molecular flexibility index (Phi) is 5.05. The van der Waals surface area contributed by atoms with Gasteiger partial charge in [-0.1, -0.05) is 48.5 Å². The minimum absolute atomic E-state index is 0.0206. The van der Waals surface area contributed by atoms with Gasteiger partial charge in [0.2, 0.25) is 5.91 Å². The molecule has 2 N–H and O–H groups in total. The highest BCUT2D eigenvalue weighted by Gasteiger charge is 2.17. The van der Waals surface area contributed by atoms with Crippen molar-refractivity contribution < 1.29 is 18.7 Å². The molecule has 0 saturated carbocycles. The number of hydrogen-bond donors (Lipinski definition) is 2. The Morgan fingerprint density at radius 1 is 1.00 bits per heavy atom. The fourth-order valence-electron chi connectivity index (χ4n) is 2.76. The van der Waals surface area contributed by atoms with E-state index in [1.807, 2.05) is 42.5 Å². The third kappa shape index (κ3) is 3.83. The predicted molar refractivity (Wildman–Crippen MR) is 92.0 cm³/mol. The van der Waals surface area contributed by atoms with Gasteiger partial charge in [0.1, 0.15) is 0 Å². The van der Waals surface area contributed by atoms with Crippen LogP contribution in [0.1, 0.15) is 17.2 Å². The summed E-state index contributed by atoms with van der Waals surface area (Å²) in [6.07, 6.45) is -0.298. The third-order valence-electron chi connectivity index (χ3n) is 4.08. The molecule has 0 spiro atoms. The van der Waals surface area contributed by atoms with E-state index < -0.39 is 23.6 Å². The Balaban J connectivity index is 1.76. The molecule has 5 heteroatoms. The number of fused-ring (bicyclic) bond motifs is 1. The van der Waals surface area contributed by atoms with Crippen molar-refractivity contribution in [2.45, 2.75) is 12.5 Å². The quantitative estimate of drug-likeness (QED) is 0.746. The minimum Gasteiger partial charge on any atom is -0.394 e. The van der Waals surface area contributed by atoms with E-state index in [-0.39, 0.29) is 18.6 Å². The van der Waals surface area contributed by atoms with E-state index in [0.29, 0.717) is 0 Å². The van der Waals surface area contributed by atoms with Crippen LogP contribution in [0.25, 0.3) is 10.8 Å². The Morgan fingerprint density at radius 3 is 2.52 bits per heavy atom. The normalized spacial score (nSPS) is 12.1. The molecule has 1 atom stereocenters. The highest BCUT2D eigenvalue weighted by Crippen LogP contribution is 2.21. The van der Waals surface area contributed by atoms with Crippen LogP contribution in [0.2, 0.25) is 0 Å². The van der Waals surface area contributed by atoms with E-state index in [2.05, 4.69) is 5.32 Å². The second-order valence-electron chi connectivity index (χ2n) is 5.80. The average Bonchev–Trinajstić information content (AvgIpc) is 2.63. The molecule has 3 nitrogen and oxygen atoms in total. The summed E-state index contributed by atoms with van der Waals surface area (Å²) in [5.74, 6) is -2.50. The molecule has 0 unspecified atom stereocenters. The van der Waals surface area contributed by atoms with Crippen LogP contribution in [-0.2, 0) is 11.2 Å². The fourth-order valence-corrected chi connectivity index (χ4v) is 2.76. The lowest BCUT2D eigenvalue weighted by atomic mass is 10.0. The molecule has 0 radical (unpaired) electrons. The molecule has 128 valence electrons. The third-order valence-corrected chi connectivity index (χ3v) is 4.08. The standard InChI is InChI=1S/C20H17F2NO2/c21-17-7-3-6-16(20(17)22)11-19(25)23-18(12-24)15-9-8-13-4-1-2-5-14(13)10-15/h1-10,18,24H,11-12H2,(H,23,25)/t18-/m0/s1. The van der Waals surface area contributed by atoms with Crippen LogP contribution in [0, 0.1) is 11.6 Å². The molecule has 0 aliphatic rings. The first-order valence-electron chi connectivity index (χ1n) is 7.90. The number of aliphatic hydroxyl groups excluding tert-OH is 1. The van der Waals surface area contributed by atoms with Gasteiger partial charge >= 0.3 is 0 Å². The summed E-state index contributed by atoms with van der Waals surface area (Å²) in [6, 6.07) is 16.5. The lowest BCUT2D eigenvalue weighted by Gasteiger charge is -2.17. The van der Waals surface area contributed by atoms with Crippen molar-refractivity contribution in [1.82, 2.24) is 5.32 Å². The van der Waals surface area contributed by atoms with Crippen LogP contribution in [-0.4, -0.2) is 17.6 Å². The molecule has 0 bridgehead atoms. The first-order valence-corrected chi connectivity index (χ1v) is 7.90. The number of rotatable bonds is 5. The van der Waals surface area contributed by atoms with Gasteiger partial charge in [-0.2, -0.15) is 0 Å². The van der Waals surface area contributed by atoms with Gasteiger partial charge in [-0.15, -0.1) is 0 Å². The van der Waals surface area contributed by atoms with Crippen molar-refractivity contribution in [3.05, 3.63) is 83.4 Å². The van der Waals surface area contributed by atoms with Gasteiger partial charge in [-0.05, 0) is 28.5 Å². The summed E-state index contributed by atoms with van der Waals surface area (Å²) in [6.45, 7) is -0.296. The second-order valence-corrected chi connectivity index (χ2v) is 5.80. The summed E-state index contributed by atoms with van der Waals surface area (Å²) < 4.78 is 26.9. The molecule has 3 aromatic rings. The van der Waals surface area contributed by atoms with Crippen molar-refractivity contribution in [3.8, 4) is 0 Å². The largest absolute Gasteiger partial charge is 0.394 e. The highest BCUT2D eigenvalue weighted by molar-refractivity contribution is 5.83. The maximum absolute atomic E-state index is 13.7. The molecule has 0 heterocycles. The number of halogens is 2. The van der Waals surface area contributed by atoms with Gasteiger partial charge in [0.25, 0.3) is 0 Å². The molecule has 0 aliphatic carbocycles. The van der Waals surface area contributed by atoms with Crippen molar-refractivity contribution in [2.75, 3.05) is 6.61 Å². The number of benzene rings is 3. The Hall–Kier alpha value is -2.79. The summed E-state index contributed by atoms with van der Waals surface area (Å²) in [5.41, 5.74) is 0.724. The zero-order chi connectivity index (χ0) is 17.8. The predicted octanol–water partition coefficient (Wildman–Crippen LogP) is 3.51. The summed E-state index contributed by atoms with van der Waals surface area (Å²) in [5, 5.41) is 14.3. The Labute approximate surface area is 143 Å². The number of aliphatic hydroxyl groups is 1. The van der Waals surface area contributed by atoms with Crippen molar-refractivity contribution >= 4 is 16.7 Å². The van der Waals surface area contributed by atoms with Gasteiger partial charge in [-0.3, -0.25) is 4.79 Å². The molecule has 0 aromatic heterocycles. The zero-order valence-electron chi connectivity index (χ0n) is 13.4. The number of carbonyl (C=O) groups is 1. The van der Waals surface area contributed by atoms with Gasteiger partial charge in [0, 0.05) is 5.56 Å². The van der Waals surface area contributed by atoms with Gasteiger partial charge < -0.3 is 10.4 Å². The van der Waals surface area contributed by atoms with Crippen LogP contribution < -0.4 is 5.32 Å². The Morgan fingerprint density at radius 2 is 1.76 bits per heavy atom. The lowest BCUT2D eigenvalue weighted by Crippen LogP contribution is -2.32. The molecule has 0 saturated heterocycles. The summed E-state index contributed by atoms with van der Waals surface area (Å²) in [4.78, 5) is 12.2. The van der Waals surface area contributed by atoms with E-state index in [0.717, 1.165) is 22.4 Å². The van der Waals surface area contributed by atoms with Crippen LogP contribution in [0.15, 0.2) is 60.7 Å². The zero-order valence-corrected chi connectivity index (χ0v) is 13.4. The Bertz CT molecular complexity index is 911. The minimum atomic E-state index is -1.02. The van der Waals surface area contributed by atoms with Crippen LogP contribution in [0.3, 0.4) is 0 Å². The summed E-state index contributed by atoms with van der Waals surface area (Å²) in [7, 11) is 0. The monoisotopic (exact) mass is 341 g/mol. The molecule has 25 heavy (non-hydrogen) atoms. The van der Waals surface area contributed by atoms with E-state index in [1.165, 1.54) is 12.1 Å². The highest BCUT2D eigenvalue weighted by atomic mass is 19.2. The van der Waals surface area contributed by atoms with E-state index >= 15 is 0 Å². The van der Waals surface area contributed by atoms with Gasteiger partial charge in [0.15, 0.2) is 11.6 Å². The van der Waals surface area contributed by atoms with Gasteiger partial charge in [-0.25, -0.2) is 8.78 Å². The molecule has 1 amide bonds. The van der Waals surface area contributed by atoms with Crippen LogP contribution >= 0.6 is 0 Å². The van der Waals surface area contributed by atoms with Gasteiger partial charge in [0.05, 0.1) is 19.1 Å². The topological polar surface area (TPSA) is 49.3 Å². The molecular weight excluding hydrogens is 324 g/mol. The smallest absolute Gasteiger partial charge is 0.225 e. The van der Waals surface area contributed by atoms with Crippen molar-refractivity contribution in [2.24, 2.45) is 0 Å². The van der Waals surface area contributed by atoms with E-state index in [9.17, 15) is 18.7 Å². The number of amides is 1. The first kappa shape index (κ1) is 17.0. The van der Waals surface area contributed by atoms with Crippen LogP contribution in [0.4, 0.5) is 8.78 Å². The van der Waals surface area contributed by atoms with E-state index in [4.69, 9.17) is 0 Å². The summed E-state index contributed by atoms with van der Waals surface area (Å²) >= 11 is 0. The van der Waals surface area contributed by atoms with E-state index in [1.54, 1.807) is 0 Å². The average molecular weight is 341 g/mol. The lowest BCUT2D eigenvalue weighted by molar-refractivity contribution is -0.121. The molecule has 0 fully saturated rings. The number of carbonyl (C=O) groups excluding carboxylic acids is 1. The molecule has 3 rings (SSSR count). The second kappa shape index (κ2) is 7.40. The van der Waals surface area contributed by atoms with Crippen molar-refractivity contribution in [1.29, 1.82) is 0 Å². The number of hydrogen-bond acceptors (Lipinski definition) is 2.